The lowest BCUT2D eigenvalue weighted by Crippen LogP contribution is -2.42. The summed E-state index contributed by atoms with van der Waals surface area (Å²) in [6.45, 7) is 1.40. The first-order valence-corrected chi connectivity index (χ1v) is 11.7. The first-order chi connectivity index (χ1) is 14.4. The molecular weight excluding hydrogens is 469 g/mol. The molecule has 30 heavy (non-hydrogen) atoms. The van der Waals surface area contributed by atoms with Gasteiger partial charge in [0.25, 0.3) is 0 Å². The van der Waals surface area contributed by atoms with Crippen molar-refractivity contribution in [3.05, 3.63) is 33.5 Å². The fraction of sp³-hybridized carbons (Fsp3) is 0.444. The number of nitrogens with zero attached hydrogens (tertiary/aromatic N) is 4. The van der Waals surface area contributed by atoms with Gasteiger partial charge < -0.3 is 21.3 Å². The topological polar surface area (TPSA) is 109 Å². The molecule has 0 aliphatic carbocycles. The Morgan fingerprint density at radius 3 is 2.77 bits per heavy atom. The van der Waals surface area contributed by atoms with Crippen LogP contribution in [0.3, 0.4) is 0 Å². The average Bonchev–Trinajstić information content (AvgIpc) is 3.24. The van der Waals surface area contributed by atoms with Gasteiger partial charge in [0.15, 0.2) is 0 Å². The number of amides is 1. The van der Waals surface area contributed by atoms with E-state index in [0.717, 1.165) is 31.0 Å². The largest absolute Gasteiger partial charge is 0.354 e. The molecule has 0 radical (unpaired) electrons. The molecule has 1 aliphatic rings. The van der Waals surface area contributed by atoms with Gasteiger partial charge in [-0.05, 0) is 49.1 Å². The third-order valence-corrected chi connectivity index (χ3v) is 6.09. The van der Waals surface area contributed by atoms with Gasteiger partial charge in [0.1, 0.15) is 0 Å². The van der Waals surface area contributed by atoms with Crippen molar-refractivity contribution in [2.24, 2.45) is 5.73 Å². The summed E-state index contributed by atoms with van der Waals surface area (Å²) in [5.41, 5.74) is 6.59. The molecule has 1 atom stereocenters. The standard InChI is InChI=1S/C18H22Cl3N7OS/c19-11-4-5-12(20)14(9-11)24-18-26-16(21)25-17(27-18)23-6-2-1-3-13(22)15(29)28-7-8-30-10-28/h4-5,9,13H,1-3,6-8,10,22H2,(H2,23,24,25,26,27)/t13-/m0/s1. The van der Waals surface area contributed by atoms with Crippen molar-refractivity contribution >= 4 is 70.1 Å². The van der Waals surface area contributed by atoms with Crippen molar-refractivity contribution in [1.82, 2.24) is 19.9 Å². The van der Waals surface area contributed by atoms with Gasteiger partial charge in [-0.15, -0.1) is 11.8 Å². The number of halogens is 3. The molecule has 1 saturated heterocycles. The number of unbranched alkanes of at least 4 members (excludes halogenated alkanes) is 1. The maximum Gasteiger partial charge on any atom is 0.240 e. The van der Waals surface area contributed by atoms with Crippen LogP contribution in [0.2, 0.25) is 15.3 Å². The van der Waals surface area contributed by atoms with Gasteiger partial charge in [0.2, 0.25) is 23.1 Å². The van der Waals surface area contributed by atoms with Gasteiger partial charge in [0.05, 0.1) is 22.6 Å². The molecular formula is C18H22Cl3N7OS. The molecule has 12 heteroatoms. The maximum absolute atomic E-state index is 12.2. The van der Waals surface area contributed by atoms with E-state index in [4.69, 9.17) is 40.5 Å². The summed E-state index contributed by atoms with van der Waals surface area (Å²) in [4.78, 5) is 26.4. The van der Waals surface area contributed by atoms with E-state index in [9.17, 15) is 4.79 Å². The molecule has 1 aromatic heterocycles. The number of hydrogen-bond acceptors (Lipinski definition) is 8. The number of aromatic nitrogens is 3. The van der Waals surface area contributed by atoms with E-state index in [1.807, 2.05) is 4.90 Å². The second-order valence-electron chi connectivity index (χ2n) is 6.67. The van der Waals surface area contributed by atoms with Crippen LogP contribution in [0, 0.1) is 0 Å². The van der Waals surface area contributed by atoms with Crippen LogP contribution in [-0.4, -0.2) is 56.5 Å². The van der Waals surface area contributed by atoms with Crippen LogP contribution in [0.5, 0.6) is 0 Å². The second-order valence-corrected chi connectivity index (χ2v) is 8.93. The second kappa shape index (κ2) is 11.2. The van der Waals surface area contributed by atoms with E-state index < -0.39 is 6.04 Å². The molecule has 0 spiro atoms. The number of nitrogens with one attached hydrogen (secondary N) is 2. The van der Waals surface area contributed by atoms with Crippen molar-refractivity contribution in [1.29, 1.82) is 0 Å². The SMILES string of the molecule is N[C@@H](CCCCNc1nc(Cl)nc(Nc2cc(Cl)ccc2Cl)n1)C(=O)N1CCSC1. The van der Waals surface area contributed by atoms with Crippen LogP contribution in [0.25, 0.3) is 0 Å². The molecule has 1 aliphatic heterocycles. The zero-order valence-corrected chi connectivity index (χ0v) is 19.2. The summed E-state index contributed by atoms with van der Waals surface area (Å²) in [5.74, 6) is 2.35. The highest BCUT2D eigenvalue weighted by molar-refractivity contribution is 7.99. The molecule has 8 nitrogen and oxygen atoms in total. The van der Waals surface area contributed by atoms with Crippen LogP contribution < -0.4 is 16.4 Å². The number of nitrogens with two attached hydrogens (primary N) is 1. The monoisotopic (exact) mass is 489 g/mol. The molecule has 1 amide bonds. The van der Waals surface area contributed by atoms with Crippen LogP contribution in [0.1, 0.15) is 19.3 Å². The van der Waals surface area contributed by atoms with E-state index >= 15 is 0 Å². The molecule has 2 aromatic rings. The summed E-state index contributed by atoms with van der Waals surface area (Å²) in [6, 6.07) is 4.58. The average molecular weight is 491 g/mol. The van der Waals surface area contributed by atoms with Crippen LogP contribution in [0.15, 0.2) is 18.2 Å². The molecule has 3 rings (SSSR count). The zero-order valence-electron chi connectivity index (χ0n) is 16.1. The Morgan fingerprint density at radius 2 is 2.00 bits per heavy atom. The maximum atomic E-state index is 12.2. The summed E-state index contributed by atoms with van der Waals surface area (Å²) in [6.07, 6.45) is 2.25. The first-order valence-electron chi connectivity index (χ1n) is 9.42. The highest BCUT2D eigenvalue weighted by atomic mass is 35.5. The number of hydrogen-bond donors (Lipinski definition) is 3. The normalized spacial score (nSPS) is 14.6. The highest BCUT2D eigenvalue weighted by Crippen LogP contribution is 2.27. The van der Waals surface area contributed by atoms with Gasteiger partial charge in [0, 0.05) is 23.9 Å². The zero-order chi connectivity index (χ0) is 21.5. The van der Waals surface area contributed by atoms with Crippen LogP contribution >= 0.6 is 46.6 Å². The van der Waals surface area contributed by atoms with Gasteiger partial charge in [-0.25, -0.2) is 0 Å². The summed E-state index contributed by atoms with van der Waals surface area (Å²) in [7, 11) is 0. The third-order valence-electron chi connectivity index (χ3n) is 4.39. The van der Waals surface area contributed by atoms with E-state index in [-0.39, 0.29) is 17.1 Å². The number of rotatable bonds is 9. The minimum atomic E-state index is -0.450. The molecule has 0 unspecified atom stereocenters. The number of thioether (sulfide) groups is 1. The summed E-state index contributed by atoms with van der Waals surface area (Å²) in [5, 5.41) is 7.15. The molecule has 0 bridgehead atoms. The number of carbonyl (C=O) groups excluding carboxylic acids is 1. The fourth-order valence-corrected chi connectivity index (χ4v) is 4.29. The van der Waals surface area contributed by atoms with Gasteiger partial charge in [-0.3, -0.25) is 4.79 Å². The molecule has 1 fully saturated rings. The van der Waals surface area contributed by atoms with E-state index in [1.54, 1.807) is 30.0 Å². The Kier molecular flexibility index (Phi) is 8.64. The lowest BCUT2D eigenvalue weighted by Gasteiger charge is -2.19. The van der Waals surface area contributed by atoms with Crippen LogP contribution in [-0.2, 0) is 4.79 Å². The first kappa shape index (κ1) is 23.1. The van der Waals surface area contributed by atoms with Crippen molar-refractivity contribution in [3.63, 3.8) is 0 Å². The van der Waals surface area contributed by atoms with Gasteiger partial charge in [-0.1, -0.05) is 23.2 Å². The Balaban J connectivity index is 1.46. The van der Waals surface area contributed by atoms with E-state index in [1.165, 1.54) is 0 Å². The van der Waals surface area contributed by atoms with Crippen molar-refractivity contribution < 1.29 is 4.79 Å². The minimum Gasteiger partial charge on any atom is -0.354 e. The summed E-state index contributed by atoms with van der Waals surface area (Å²) >= 11 is 19.9. The highest BCUT2D eigenvalue weighted by Gasteiger charge is 2.23. The molecule has 4 N–H and O–H groups in total. The third kappa shape index (κ3) is 6.75. The lowest BCUT2D eigenvalue weighted by molar-refractivity contribution is -0.131. The Morgan fingerprint density at radius 1 is 1.20 bits per heavy atom. The predicted molar refractivity (Wildman–Crippen MR) is 124 cm³/mol. The Labute approximate surface area is 194 Å². The molecule has 162 valence electrons. The minimum absolute atomic E-state index is 0.0348. The Bertz CT molecular complexity index is 883. The molecule has 0 saturated carbocycles. The van der Waals surface area contributed by atoms with Crippen molar-refractivity contribution in [2.75, 3.05) is 35.4 Å². The van der Waals surface area contributed by atoms with Crippen molar-refractivity contribution in [3.8, 4) is 0 Å². The van der Waals surface area contributed by atoms with Gasteiger partial charge >= 0.3 is 0 Å². The lowest BCUT2D eigenvalue weighted by atomic mass is 10.1. The fourth-order valence-electron chi connectivity index (χ4n) is 2.83. The number of carbonyl (C=O) groups is 1. The number of anilines is 3. The molecule has 1 aromatic carbocycles. The van der Waals surface area contributed by atoms with E-state index in [0.29, 0.717) is 34.6 Å². The summed E-state index contributed by atoms with van der Waals surface area (Å²) < 4.78 is 0. The molecule has 2 heterocycles. The Hall–Kier alpha value is -1.52. The van der Waals surface area contributed by atoms with Crippen molar-refractivity contribution in [2.45, 2.75) is 25.3 Å². The van der Waals surface area contributed by atoms with E-state index in [2.05, 4.69) is 25.6 Å². The predicted octanol–water partition coefficient (Wildman–Crippen LogP) is 4.02. The number of benzene rings is 1. The van der Waals surface area contributed by atoms with Crippen LogP contribution in [0.4, 0.5) is 17.6 Å². The smallest absolute Gasteiger partial charge is 0.240 e. The van der Waals surface area contributed by atoms with Gasteiger partial charge in [-0.2, -0.15) is 15.0 Å². The quantitative estimate of drug-likeness (QED) is 0.452.